The zero-order chi connectivity index (χ0) is 16.8. The van der Waals surface area contributed by atoms with Gasteiger partial charge in [-0.25, -0.2) is 0 Å². The highest BCUT2D eigenvalue weighted by Gasteiger charge is 2.32. The van der Waals surface area contributed by atoms with E-state index >= 15 is 0 Å². The third-order valence-corrected chi connectivity index (χ3v) is 4.37. The molecule has 0 aliphatic carbocycles. The fraction of sp³-hybridized carbons (Fsp3) is 0.588. The molecular formula is C17H26N2O4. The standard InChI is InChI=1S/C17H26N2O4/c1-12(13-10-18-11-13)17(20)19(7-8-21-2)14-5-6-15(22-3)16(9-14)23-4/h5-6,9,12-13,18H,7-8,10-11H2,1-4H3. The quantitative estimate of drug-likeness (QED) is 0.787. The van der Waals surface area contributed by atoms with E-state index in [1.54, 1.807) is 26.2 Å². The van der Waals surface area contributed by atoms with Crippen LogP contribution >= 0.6 is 0 Å². The first-order valence-corrected chi connectivity index (χ1v) is 7.85. The Labute approximate surface area is 137 Å². The zero-order valence-electron chi connectivity index (χ0n) is 14.3. The average molecular weight is 322 g/mol. The summed E-state index contributed by atoms with van der Waals surface area (Å²) in [5.74, 6) is 1.74. The molecule has 6 nitrogen and oxygen atoms in total. The first-order valence-electron chi connectivity index (χ1n) is 7.85. The number of rotatable bonds is 8. The van der Waals surface area contributed by atoms with Crippen LogP contribution in [0.15, 0.2) is 18.2 Å². The second-order valence-corrected chi connectivity index (χ2v) is 5.73. The summed E-state index contributed by atoms with van der Waals surface area (Å²) in [5, 5.41) is 3.22. The van der Waals surface area contributed by atoms with E-state index in [9.17, 15) is 4.79 Å². The predicted octanol–water partition coefficient (Wildman–Crippen LogP) is 1.54. The Kier molecular flexibility index (Phi) is 6.24. The summed E-state index contributed by atoms with van der Waals surface area (Å²) in [6, 6.07) is 5.52. The Morgan fingerprint density at radius 2 is 1.96 bits per heavy atom. The molecule has 0 spiro atoms. The number of anilines is 1. The Hall–Kier alpha value is -1.79. The van der Waals surface area contributed by atoms with Crippen molar-refractivity contribution in [1.29, 1.82) is 0 Å². The van der Waals surface area contributed by atoms with E-state index < -0.39 is 0 Å². The molecule has 128 valence electrons. The maximum atomic E-state index is 12.9. The van der Waals surface area contributed by atoms with E-state index in [-0.39, 0.29) is 11.8 Å². The lowest BCUT2D eigenvalue weighted by molar-refractivity contribution is -0.124. The van der Waals surface area contributed by atoms with Crippen molar-refractivity contribution in [2.75, 3.05) is 52.5 Å². The van der Waals surface area contributed by atoms with E-state index in [0.29, 0.717) is 30.6 Å². The molecule has 1 aromatic rings. The fourth-order valence-corrected chi connectivity index (χ4v) is 2.65. The summed E-state index contributed by atoms with van der Waals surface area (Å²) in [5.41, 5.74) is 0.795. The summed E-state index contributed by atoms with van der Waals surface area (Å²) >= 11 is 0. The molecule has 0 bridgehead atoms. The van der Waals surface area contributed by atoms with E-state index in [0.717, 1.165) is 18.8 Å². The summed E-state index contributed by atoms with van der Waals surface area (Å²) in [6.07, 6.45) is 0. The first-order chi connectivity index (χ1) is 11.1. The van der Waals surface area contributed by atoms with E-state index in [2.05, 4.69) is 5.32 Å². The van der Waals surface area contributed by atoms with Crippen molar-refractivity contribution < 1.29 is 19.0 Å². The number of methoxy groups -OCH3 is 3. The second-order valence-electron chi connectivity index (χ2n) is 5.73. The number of ether oxygens (including phenoxy) is 3. The van der Waals surface area contributed by atoms with E-state index in [1.807, 2.05) is 25.1 Å². The third kappa shape index (κ3) is 3.95. The molecule has 1 amide bonds. The van der Waals surface area contributed by atoms with Crippen LogP contribution in [0.4, 0.5) is 5.69 Å². The molecule has 0 aromatic heterocycles. The van der Waals surface area contributed by atoms with Gasteiger partial charge in [0.25, 0.3) is 0 Å². The maximum absolute atomic E-state index is 12.9. The lowest BCUT2D eigenvalue weighted by Crippen LogP contribution is -2.51. The van der Waals surface area contributed by atoms with Crippen LogP contribution in [0, 0.1) is 11.8 Å². The molecule has 0 saturated carbocycles. The number of hydrogen-bond donors (Lipinski definition) is 1. The highest BCUT2D eigenvalue weighted by molar-refractivity contribution is 5.95. The molecule has 1 aromatic carbocycles. The van der Waals surface area contributed by atoms with Crippen LogP contribution in [0.25, 0.3) is 0 Å². The summed E-state index contributed by atoms with van der Waals surface area (Å²) in [7, 11) is 4.82. The molecule has 1 aliphatic heterocycles. The molecule has 1 aliphatic rings. The van der Waals surface area contributed by atoms with Gasteiger partial charge in [-0.15, -0.1) is 0 Å². The van der Waals surface area contributed by atoms with Crippen LogP contribution in [0.3, 0.4) is 0 Å². The number of carbonyl (C=O) groups excluding carboxylic acids is 1. The van der Waals surface area contributed by atoms with Gasteiger partial charge < -0.3 is 24.4 Å². The largest absolute Gasteiger partial charge is 0.493 e. The first kappa shape index (κ1) is 17.6. The van der Waals surface area contributed by atoms with Gasteiger partial charge in [0.15, 0.2) is 11.5 Å². The number of hydrogen-bond acceptors (Lipinski definition) is 5. The maximum Gasteiger partial charge on any atom is 0.230 e. The second kappa shape index (κ2) is 8.17. The minimum Gasteiger partial charge on any atom is -0.493 e. The number of carbonyl (C=O) groups is 1. The fourth-order valence-electron chi connectivity index (χ4n) is 2.65. The monoisotopic (exact) mass is 322 g/mol. The van der Waals surface area contributed by atoms with Crippen LogP contribution < -0.4 is 19.7 Å². The van der Waals surface area contributed by atoms with E-state index in [4.69, 9.17) is 14.2 Å². The van der Waals surface area contributed by atoms with Crippen LogP contribution in [0.5, 0.6) is 11.5 Å². The van der Waals surface area contributed by atoms with Gasteiger partial charge in [0, 0.05) is 31.3 Å². The zero-order valence-corrected chi connectivity index (χ0v) is 14.3. The van der Waals surface area contributed by atoms with Gasteiger partial charge in [-0.2, -0.15) is 0 Å². The molecule has 23 heavy (non-hydrogen) atoms. The van der Waals surface area contributed by atoms with Gasteiger partial charge in [-0.3, -0.25) is 4.79 Å². The van der Waals surface area contributed by atoms with Gasteiger partial charge in [-0.05, 0) is 31.1 Å². The van der Waals surface area contributed by atoms with Crippen molar-refractivity contribution in [3.8, 4) is 11.5 Å². The summed E-state index contributed by atoms with van der Waals surface area (Å²) < 4.78 is 15.8. The summed E-state index contributed by atoms with van der Waals surface area (Å²) in [6.45, 7) is 4.79. The number of amides is 1. The SMILES string of the molecule is COCCN(C(=O)C(C)C1CNC1)c1ccc(OC)c(OC)c1. The summed E-state index contributed by atoms with van der Waals surface area (Å²) in [4.78, 5) is 14.7. The molecule has 1 N–H and O–H groups in total. The molecule has 1 fully saturated rings. The lowest BCUT2D eigenvalue weighted by atomic mass is 9.88. The van der Waals surface area contributed by atoms with Crippen LogP contribution in [-0.4, -0.2) is 53.5 Å². The van der Waals surface area contributed by atoms with Crippen molar-refractivity contribution in [1.82, 2.24) is 5.32 Å². The topological polar surface area (TPSA) is 60.0 Å². The van der Waals surface area contributed by atoms with Gasteiger partial charge in [0.05, 0.1) is 20.8 Å². The molecular weight excluding hydrogens is 296 g/mol. The Bertz CT molecular complexity index is 531. The van der Waals surface area contributed by atoms with Gasteiger partial charge >= 0.3 is 0 Å². The van der Waals surface area contributed by atoms with Crippen molar-refractivity contribution in [3.05, 3.63) is 18.2 Å². The number of benzene rings is 1. The number of nitrogens with one attached hydrogen (secondary N) is 1. The molecule has 1 saturated heterocycles. The van der Waals surface area contributed by atoms with Crippen molar-refractivity contribution in [2.24, 2.45) is 11.8 Å². The highest BCUT2D eigenvalue weighted by Crippen LogP contribution is 2.32. The van der Waals surface area contributed by atoms with Crippen LogP contribution in [-0.2, 0) is 9.53 Å². The van der Waals surface area contributed by atoms with Crippen LogP contribution in [0.2, 0.25) is 0 Å². The predicted molar refractivity (Wildman–Crippen MR) is 89.3 cm³/mol. The van der Waals surface area contributed by atoms with Gasteiger partial charge in [0.1, 0.15) is 0 Å². The Morgan fingerprint density at radius 1 is 1.26 bits per heavy atom. The smallest absolute Gasteiger partial charge is 0.230 e. The van der Waals surface area contributed by atoms with Crippen LogP contribution in [0.1, 0.15) is 6.92 Å². The molecule has 1 heterocycles. The molecule has 2 rings (SSSR count). The molecule has 1 unspecified atom stereocenters. The normalized spacial score (nSPS) is 15.7. The van der Waals surface area contributed by atoms with E-state index in [1.165, 1.54) is 0 Å². The Morgan fingerprint density at radius 3 is 2.48 bits per heavy atom. The van der Waals surface area contributed by atoms with Gasteiger partial charge in [0.2, 0.25) is 5.91 Å². The minimum atomic E-state index is -0.0267. The van der Waals surface area contributed by atoms with Crippen molar-refractivity contribution in [2.45, 2.75) is 6.92 Å². The van der Waals surface area contributed by atoms with Crippen molar-refractivity contribution >= 4 is 11.6 Å². The van der Waals surface area contributed by atoms with Gasteiger partial charge in [-0.1, -0.05) is 6.92 Å². The number of nitrogens with zero attached hydrogens (tertiary/aromatic N) is 1. The molecule has 1 atom stereocenters. The average Bonchev–Trinajstić information content (AvgIpc) is 2.52. The Balaban J connectivity index is 2.24. The highest BCUT2D eigenvalue weighted by atomic mass is 16.5. The molecule has 0 radical (unpaired) electrons. The third-order valence-electron chi connectivity index (χ3n) is 4.37. The molecule has 6 heteroatoms. The lowest BCUT2D eigenvalue weighted by Gasteiger charge is -2.35. The minimum absolute atomic E-state index is 0.0267. The van der Waals surface area contributed by atoms with Crippen molar-refractivity contribution in [3.63, 3.8) is 0 Å².